The summed E-state index contributed by atoms with van der Waals surface area (Å²) in [6.07, 6.45) is 3.65. The SMILES string of the molecule is Cc1ccc(N(c2ccncc2)c2ccc(C)cc2)cc1. The molecular weight excluding hydrogens is 256 g/mol. The van der Waals surface area contributed by atoms with E-state index >= 15 is 0 Å². The molecule has 0 saturated carbocycles. The molecular formula is C19H18N2. The van der Waals surface area contributed by atoms with E-state index < -0.39 is 0 Å². The molecule has 1 heterocycles. The Kier molecular flexibility index (Phi) is 3.69. The van der Waals surface area contributed by atoms with Crippen molar-refractivity contribution in [3.05, 3.63) is 84.2 Å². The first-order valence-electron chi connectivity index (χ1n) is 7.07. The minimum atomic E-state index is 1.11. The van der Waals surface area contributed by atoms with E-state index in [1.807, 2.05) is 24.5 Å². The van der Waals surface area contributed by atoms with Gasteiger partial charge in [-0.2, -0.15) is 0 Å². The van der Waals surface area contributed by atoms with Crippen LogP contribution in [0.4, 0.5) is 17.1 Å². The number of benzene rings is 2. The second-order valence-corrected chi connectivity index (χ2v) is 5.21. The van der Waals surface area contributed by atoms with Gasteiger partial charge in [-0.3, -0.25) is 4.98 Å². The van der Waals surface area contributed by atoms with Gasteiger partial charge in [-0.15, -0.1) is 0 Å². The van der Waals surface area contributed by atoms with Crippen LogP contribution in [0.3, 0.4) is 0 Å². The Labute approximate surface area is 125 Å². The molecule has 0 bridgehead atoms. The highest BCUT2D eigenvalue weighted by Gasteiger charge is 2.11. The second kappa shape index (κ2) is 5.80. The van der Waals surface area contributed by atoms with Crippen LogP contribution in [0, 0.1) is 13.8 Å². The summed E-state index contributed by atoms with van der Waals surface area (Å²) in [6, 6.07) is 21.2. The molecule has 0 atom stereocenters. The summed E-state index contributed by atoms with van der Waals surface area (Å²) in [5.74, 6) is 0. The molecule has 21 heavy (non-hydrogen) atoms. The predicted octanol–water partition coefficient (Wildman–Crippen LogP) is 5.17. The van der Waals surface area contributed by atoms with E-state index in [0.717, 1.165) is 17.1 Å². The van der Waals surface area contributed by atoms with Crippen molar-refractivity contribution in [3.63, 3.8) is 0 Å². The van der Waals surface area contributed by atoms with Crippen LogP contribution in [0.1, 0.15) is 11.1 Å². The molecule has 0 saturated heterocycles. The van der Waals surface area contributed by atoms with E-state index in [1.165, 1.54) is 11.1 Å². The quantitative estimate of drug-likeness (QED) is 0.655. The van der Waals surface area contributed by atoms with Gasteiger partial charge in [0.1, 0.15) is 0 Å². The van der Waals surface area contributed by atoms with E-state index in [1.54, 1.807) is 0 Å². The Balaban J connectivity index is 2.11. The number of nitrogens with zero attached hydrogens (tertiary/aromatic N) is 2. The second-order valence-electron chi connectivity index (χ2n) is 5.21. The maximum absolute atomic E-state index is 4.12. The number of aromatic nitrogens is 1. The van der Waals surface area contributed by atoms with Crippen molar-refractivity contribution in [1.29, 1.82) is 0 Å². The fraction of sp³-hybridized carbons (Fsp3) is 0.105. The number of hydrogen-bond acceptors (Lipinski definition) is 2. The van der Waals surface area contributed by atoms with Crippen molar-refractivity contribution < 1.29 is 0 Å². The lowest BCUT2D eigenvalue weighted by atomic mass is 10.1. The van der Waals surface area contributed by atoms with Crippen molar-refractivity contribution in [2.75, 3.05) is 4.90 Å². The molecule has 2 aromatic carbocycles. The van der Waals surface area contributed by atoms with Gasteiger partial charge in [0.25, 0.3) is 0 Å². The Morgan fingerprint density at radius 1 is 0.571 bits per heavy atom. The molecule has 1 aromatic heterocycles. The molecule has 0 radical (unpaired) electrons. The third-order valence-electron chi connectivity index (χ3n) is 3.51. The first-order chi connectivity index (χ1) is 10.2. The molecule has 0 spiro atoms. The summed E-state index contributed by atoms with van der Waals surface area (Å²) >= 11 is 0. The number of rotatable bonds is 3. The molecule has 0 aliphatic carbocycles. The van der Waals surface area contributed by atoms with Gasteiger partial charge in [0.05, 0.1) is 0 Å². The van der Waals surface area contributed by atoms with Crippen LogP contribution < -0.4 is 4.90 Å². The van der Waals surface area contributed by atoms with Crippen LogP contribution in [0.2, 0.25) is 0 Å². The largest absolute Gasteiger partial charge is 0.310 e. The molecule has 2 nitrogen and oxygen atoms in total. The number of aryl methyl sites for hydroxylation is 2. The normalized spacial score (nSPS) is 10.4. The summed E-state index contributed by atoms with van der Waals surface area (Å²) in [6.45, 7) is 4.21. The number of hydrogen-bond donors (Lipinski definition) is 0. The standard InChI is InChI=1S/C19H18N2/c1-15-3-7-17(8-4-15)21(19-11-13-20-14-12-19)18-9-5-16(2)6-10-18/h3-14H,1-2H3. The van der Waals surface area contributed by atoms with E-state index in [2.05, 4.69) is 72.3 Å². The molecule has 0 amide bonds. The van der Waals surface area contributed by atoms with Crippen LogP contribution in [0.5, 0.6) is 0 Å². The van der Waals surface area contributed by atoms with Crippen molar-refractivity contribution >= 4 is 17.1 Å². The van der Waals surface area contributed by atoms with E-state index in [4.69, 9.17) is 0 Å². The smallest absolute Gasteiger partial charge is 0.0492 e. The van der Waals surface area contributed by atoms with Crippen molar-refractivity contribution in [2.24, 2.45) is 0 Å². The summed E-state index contributed by atoms with van der Waals surface area (Å²) in [5, 5.41) is 0. The first kappa shape index (κ1) is 13.4. The summed E-state index contributed by atoms with van der Waals surface area (Å²) in [5.41, 5.74) is 5.93. The van der Waals surface area contributed by atoms with Gasteiger partial charge in [-0.25, -0.2) is 0 Å². The van der Waals surface area contributed by atoms with Crippen molar-refractivity contribution in [2.45, 2.75) is 13.8 Å². The lowest BCUT2D eigenvalue weighted by Gasteiger charge is -2.25. The lowest BCUT2D eigenvalue weighted by molar-refractivity contribution is 1.23. The maximum atomic E-state index is 4.12. The Morgan fingerprint density at radius 2 is 0.952 bits per heavy atom. The van der Waals surface area contributed by atoms with E-state index in [0.29, 0.717) is 0 Å². The van der Waals surface area contributed by atoms with E-state index in [-0.39, 0.29) is 0 Å². The van der Waals surface area contributed by atoms with Gasteiger partial charge in [-0.1, -0.05) is 35.4 Å². The molecule has 0 aliphatic heterocycles. The molecule has 0 unspecified atom stereocenters. The first-order valence-corrected chi connectivity index (χ1v) is 7.07. The van der Waals surface area contributed by atoms with E-state index in [9.17, 15) is 0 Å². The van der Waals surface area contributed by atoms with Gasteiger partial charge in [-0.05, 0) is 50.2 Å². The average molecular weight is 274 g/mol. The zero-order valence-electron chi connectivity index (χ0n) is 12.3. The van der Waals surface area contributed by atoms with Crippen LogP contribution in [-0.4, -0.2) is 4.98 Å². The topological polar surface area (TPSA) is 16.1 Å². The molecule has 104 valence electrons. The third kappa shape index (κ3) is 2.95. The fourth-order valence-electron chi connectivity index (χ4n) is 2.33. The highest BCUT2D eigenvalue weighted by molar-refractivity contribution is 5.76. The molecule has 2 heteroatoms. The third-order valence-corrected chi connectivity index (χ3v) is 3.51. The van der Waals surface area contributed by atoms with Gasteiger partial charge in [0.15, 0.2) is 0 Å². The summed E-state index contributed by atoms with van der Waals surface area (Å²) in [4.78, 5) is 6.35. The molecule has 0 N–H and O–H groups in total. The van der Waals surface area contributed by atoms with Gasteiger partial charge >= 0.3 is 0 Å². The van der Waals surface area contributed by atoms with Gasteiger partial charge in [0, 0.05) is 29.5 Å². The van der Waals surface area contributed by atoms with Gasteiger partial charge in [0.2, 0.25) is 0 Å². The van der Waals surface area contributed by atoms with Crippen LogP contribution in [0.15, 0.2) is 73.1 Å². The minimum absolute atomic E-state index is 1.11. The zero-order valence-corrected chi connectivity index (χ0v) is 12.3. The molecule has 3 rings (SSSR count). The molecule has 0 aliphatic rings. The van der Waals surface area contributed by atoms with Crippen molar-refractivity contribution in [3.8, 4) is 0 Å². The Hall–Kier alpha value is -2.61. The maximum Gasteiger partial charge on any atom is 0.0492 e. The highest BCUT2D eigenvalue weighted by atomic mass is 15.1. The Bertz CT molecular complexity index is 655. The van der Waals surface area contributed by atoms with Crippen molar-refractivity contribution in [1.82, 2.24) is 4.98 Å². The number of anilines is 3. The minimum Gasteiger partial charge on any atom is -0.310 e. The van der Waals surface area contributed by atoms with Crippen LogP contribution >= 0.6 is 0 Å². The highest BCUT2D eigenvalue weighted by Crippen LogP contribution is 2.33. The molecule has 0 fully saturated rings. The Morgan fingerprint density at radius 3 is 1.38 bits per heavy atom. The average Bonchev–Trinajstić information content (AvgIpc) is 2.52. The van der Waals surface area contributed by atoms with Crippen LogP contribution in [-0.2, 0) is 0 Å². The zero-order chi connectivity index (χ0) is 14.7. The lowest BCUT2D eigenvalue weighted by Crippen LogP contribution is -2.09. The van der Waals surface area contributed by atoms with Crippen LogP contribution in [0.25, 0.3) is 0 Å². The fourth-order valence-corrected chi connectivity index (χ4v) is 2.33. The summed E-state index contributed by atoms with van der Waals surface area (Å²) < 4.78 is 0. The summed E-state index contributed by atoms with van der Waals surface area (Å²) in [7, 11) is 0. The monoisotopic (exact) mass is 274 g/mol. The molecule has 3 aromatic rings. The predicted molar refractivity (Wildman–Crippen MR) is 88.4 cm³/mol. The van der Waals surface area contributed by atoms with Gasteiger partial charge < -0.3 is 4.90 Å². The number of pyridine rings is 1.